The zero-order valence-corrected chi connectivity index (χ0v) is 20.0. The first-order valence-corrected chi connectivity index (χ1v) is 12.2. The molecule has 1 heterocycles. The second kappa shape index (κ2) is 13.5. The van der Waals surface area contributed by atoms with E-state index in [1.165, 1.54) is 5.52 Å². The number of hydrogen-bond acceptors (Lipinski definition) is 4. The Morgan fingerprint density at radius 1 is 0.970 bits per heavy atom. The number of ether oxygens (including phenoxy) is 2. The van der Waals surface area contributed by atoms with Gasteiger partial charge in [-0.3, -0.25) is 4.79 Å². The average molecular weight is 452 g/mol. The third-order valence-electron chi connectivity index (χ3n) is 5.71. The van der Waals surface area contributed by atoms with E-state index in [9.17, 15) is 4.79 Å². The third-order valence-corrected chi connectivity index (χ3v) is 5.71. The summed E-state index contributed by atoms with van der Waals surface area (Å²) >= 11 is 0. The van der Waals surface area contributed by atoms with Crippen molar-refractivity contribution >= 4 is 16.9 Å². The van der Waals surface area contributed by atoms with Crippen LogP contribution in [0.2, 0.25) is 0 Å². The maximum atomic E-state index is 11.6. The Hall–Kier alpha value is -3.02. The number of carbonyl (C=O) groups is 1. The highest BCUT2D eigenvalue weighted by Gasteiger charge is 2.10. The van der Waals surface area contributed by atoms with Crippen molar-refractivity contribution in [2.24, 2.45) is 0 Å². The largest absolute Gasteiger partial charge is 0.497 e. The predicted molar refractivity (Wildman–Crippen MR) is 133 cm³/mol. The van der Waals surface area contributed by atoms with Crippen LogP contribution in [0.5, 0.6) is 11.5 Å². The molecule has 0 bridgehead atoms. The summed E-state index contributed by atoms with van der Waals surface area (Å²) in [5.74, 6) is 3.02. The van der Waals surface area contributed by atoms with Crippen molar-refractivity contribution in [3.05, 3.63) is 54.4 Å². The number of methoxy groups -OCH3 is 1. The van der Waals surface area contributed by atoms with Crippen molar-refractivity contribution < 1.29 is 14.3 Å². The SMILES string of the molecule is CCCC(=O)NCCCCCc1nc2ccccc2n1CCCCOc1ccc(OC)cc1. The monoisotopic (exact) mass is 451 g/mol. The third kappa shape index (κ3) is 7.81. The number of aryl methyl sites for hydroxylation is 2. The number of benzene rings is 2. The molecule has 0 unspecified atom stereocenters. The fraction of sp³-hybridized carbons (Fsp3) is 0.481. The quantitative estimate of drug-likeness (QED) is 0.308. The number of imidazole rings is 1. The first-order valence-electron chi connectivity index (χ1n) is 12.2. The lowest BCUT2D eigenvalue weighted by atomic mass is 10.2. The highest BCUT2D eigenvalue weighted by molar-refractivity contribution is 5.76. The fourth-order valence-corrected chi connectivity index (χ4v) is 3.93. The Bertz CT molecular complexity index is 982. The summed E-state index contributed by atoms with van der Waals surface area (Å²) in [5, 5.41) is 2.99. The lowest BCUT2D eigenvalue weighted by Gasteiger charge is -2.11. The maximum absolute atomic E-state index is 11.6. The first-order chi connectivity index (χ1) is 16.2. The molecule has 0 radical (unpaired) electrons. The summed E-state index contributed by atoms with van der Waals surface area (Å²) in [6.45, 7) is 4.43. The lowest BCUT2D eigenvalue weighted by Crippen LogP contribution is -2.23. The number of nitrogens with one attached hydrogen (secondary N) is 1. The van der Waals surface area contributed by atoms with Crippen LogP contribution in [0.1, 0.15) is 57.7 Å². The van der Waals surface area contributed by atoms with Crippen molar-refractivity contribution in [1.29, 1.82) is 0 Å². The molecule has 3 rings (SSSR count). The van der Waals surface area contributed by atoms with E-state index in [2.05, 4.69) is 28.1 Å². The maximum Gasteiger partial charge on any atom is 0.219 e. The van der Waals surface area contributed by atoms with E-state index < -0.39 is 0 Å². The van der Waals surface area contributed by atoms with E-state index >= 15 is 0 Å². The van der Waals surface area contributed by atoms with Crippen LogP contribution in [0.15, 0.2) is 48.5 Å². The van der Waals surface area contributed by atoms with Crippen LogP contribution in [0.4, 0.5) is 0 Å². The van der Waals surface area contributed by atoms with E-state index in [1.807, 2.05) is 37.3 Å². The summed E-state index contributed by atoms with van der Waals surface area (Å²) < 4.78 is 13.4. The Balaban J connectivity index is 1.44. The summed E-state index contributed by atoms with van der Waals surface area (Å²) in [6.07, 6.45) is 7.67. The second-order valence-corrected chi connectivity index (χ2v) is 8.31. The molecule has 1 aromatic heterocycles. The first kappa shape index (κ1) is 24.6. The highest BCUT2D eigenvalue weighted by Crippen LogP contribution is 2.20. The molecule has 0 saturated carbocycles. The highest BCUT2D eigenvalue weighted by atomic mass is 16.5. The molecule has 0 spiro atoms. The molecule has 0 aliphatic heterocycles. The van der Waals surface area contributed by atoms with Gasteiger partial charge in [0.2, 0.25) is 5.91 Å². The second-order valence-electron chi connectivity index (χ2n) is 8.31. The molecule has 2 aromatic carbocycles. The normalized spacial score (nSPS) is 11.0. The Kier molecular flexibility index (Phi) is 10.1. The zero-order chi connectivity index (χ0) is 23.3. The number of nitrogens with zero attached hydrogens (tertiary/aromatic N) is 2. The summed E-state index contributed by atoms with van der Waals surface area (Å²) in [4.78, 5) is 16.5. The molecule has 0 fully saturated rings. The van der Waals surface area contributed by atoms with Gasteiger partial charge < -0.3 is 19.4 Å². The molecule has 33 heavy (non-hydrogen) atoms. The molecule has 0 aliphatic carbocycles. The van der Waals surface area contributed by atoms with Crippen LogP contribution in [0.25, 0.3) is 11.0 Å². The van der Waals surface area contributed by atoms with Gasteiger partial charge in [-0.15, -0.1) is 0 Å². The Morgan fingerprint density at radius 3 is 2.55 bits per heavy atom. The number of amides is 1. The smallest absolute Gasteiger partial charge is 0.219 e. The topological polar surface area (TPSA) is 65.4 Å². The molecule has 0 aliphatic rings. The average Bonchev–Trinajstić information content (AvgIpc) is 3.19. The Morgan fingerprint density at radius 2 is 1.76 bits per heavy atom. The van der Waals surface area contributed by atoms with Gasteiger partial charge in [-0.25, -0.2) is 4.98 Å². The lowest BCUT2D eigenvalue weighted by molar-refractivity contribution is -0.121. The minimum Gasteiger partial charge on any atom is -0.497 e. The van der Waals surface area contributed by atoms with Crippen molar-refractivity contribution in [1.82, 2.24) is 14.9 Å². The molecule has 1 amide bonds. The van der Waals surface area contributed by atoms with Crippen LogP contribution in [-0.4, -0.2) is 35.7 Å². The molecular weight excluding hydrogens is 414 g/mol. The van der Waals surface area contributed by atoms with Gasteiger partial charge in [-0.2, -0.15) is 0 Å². The summed E-state index contributed by atoms with van der Waals surface area (Å²) in [6, 6.07) is 16.1. The van der Waals surface area contributed by atoms with Crippen LogP contribution in [-0.2, 0) is 17.8 Å². The fourth-order valence-electron chi connectivity index (χ4n) is 3.93. The van der Waals surface area contributed by atoms with Crippen LogP contribution in [0, 0.1) is 0 Å². The van der Waals surface area contributed by atoms with E-state index in [1.54, 1.807) is 7.11 Å². The van der Waals surface area contributed by atoms with E-state index in [0.717, 1.165) is 80.9 Å². The molecule has 1 N–H and O–H groups in total. The van der Waals surface area contributed by atoms with Gasteiger partial charge in [0.05, 0.1) is 24.8 Å². The van der Waals surface area contributed by atoms with Gasteiger partial charge in [0.1, 0.15) is 17.3 Å². The molecule has 3 aromatic rings. The number of rotatable bonds is 15. The summed E-state index contributed by atoms with van der Waals surface area (Å²) in [7, 11) is 1.66. The number of aromatic nitrogens is 2. The van der Waals surface area contributed by atoms with Gasteiger partial charge in [0.25, 0.3) is 0 Å². The van der Waals surface area contributed by atoms with Crippen molar-refractivity contribution in [3.63, 3.8) is 0 Å². The molecule has 6 heteroatoms. The number of fused-ring (bicyclic) bond motifs is 1. The van der Waals surface area contributed by atoms with Crippen molar-refractivity contribution in [2.45, 2.75) is 64.8 Å². The molecule has 0 saturated heterocycles. The standard InChI is InChI=1S/C27H37N3O3/c1-3-11-27(31)28-19-8-4-5-14-26-29-24-12-6-7-13-25(24)30(26)20-9-10-21-33-23-17-15-22(32-2)16-18-23/h6-7,12-13,15-18H,3-5,8-11,14,19-21H2,1-2H3,(H,28,31). The van der Waals surface area contributed by atoms with Crippen LogP contribution in [0.3, 0.4) is 0 Å². The summed E-state index contributed by atoms with van der Waals surface area (Å²) in [5.41, 5.74) is 2.27. The molecule has 178 valence electrons. The van der Waals surface area contributed by atoms with Gasteiger partial charge in [0, 0.05) is 25.9 Å². The van der Waals surface area contributed by atoms with Gasteiger partial charge in [-0.05, 0) is 68.5 Å². The molecule has 0 atom stereocenters. The Labute approximate surface area is 197 Å². The molecule has 6 nitrogen and oxygen atoms in total. The number of unbranched alkanes of at least 4 members (excludes halogenated alkanes) is 3. The predicted octanol–water partition coefficient (Wildman–Crippen LogP) is 5.53. The van der Waals surface area contributed by atoms with E-state index in [-0.39, 0.29) is 5.91 Å². The minimum atomic E-state index is 0.162. The molecular formula is C27H37N3O3. The van der Waals surface area contributed by atoms with E-state index in [4.69, 9.17) is 14.5 Å². The van der Waals surface area contributed by atoms with Gasteiger partial charge in [0.15, 0.2) is 0 Å². The number of para-hydroxylation sites is 2. The van der Waals surface area contributed by atoms with Crippen molar-refractivity contribution in [3.8, 4) is 11.5 Å². The number of hydrogen-bond donors (Lipinski definition) is 1. The number of carbonyl (C=O) groups excluding carboxylic acids is 1. The van der Waals surface area contributed by atoms with Gasteiger partial charge in [-0.1, -0.05) is 25.5 Å². The van der Waals surface area contributed by atoms with Crippen LogP contribution >= 0.6 is 0 Å². The zero-order valence-electron chi connectivity index (χ0n) is 20.0. The van der Waals surface area contributed by atoms with Gasteiger partial charge >= 0.3 is 0 Å². The van der Waals surface area contributed by atoms with E-state index in [0.29, 0.717) is 13.0 Å². The minimum absolute atomic E-state index is 0.162. The van der Waals surface area contributed by atoms with Crippen LogP contribution < -0.4 is 14.8 Å². The van der Waals surface area contributed by atoms with Crippen molar-refractivity contribution in [2.75, 3.05) is 20.3 Å².